The van der Waals surface area contributed by atoms with Crippen molar-refractivity contribution in [3.63, 3.8) is 0 Å². The summed E-state index contributed by atoms with van der Waals surface area (Å²) in [7, 11) is -1.53. The van der Waals surface area contributed by atoms with Crippen LogP contribution in [-0.2, 0) is 21.7 Å². The number of nitrogens with zero attached hydrogens (tertiary/aromatic N) is 3. The van der Waals surface area contributed by atoms with Crippen LogP contribution in [0.2, 0.25) is 25.7 Å². The lowest BCUT2D eigenvalue weighted by Gasteiger charge is -2.33. The molecule has 2 rings (SSSR count). The van der Waals surface area contributed by atoms with E-state index in [1.807, 2.05) is 0 Å². The number of carboxylic acid groups (broad SMARTS) is 2. The number of hydrogen-bond acceptors (Lipinski definition) is 5. The van der Waals surface area contributed by atoms with E-state index in [-0.39, 0.29) is 5.82 Å². The summed E-state index contributed by atoms with van der Waals surface area (Å²) in [6, 6.07) is 6.72. The van der Waals surface area contributed by atoms with E-state index in [0.29, 0.717) is 12.6 Å². The lowest BCUT2D eigenvalue weighted by Crippen LogP contribution is -2.39. The topological polar surface area (TPSA) is 126 Å². The number of aliphatic hydroxyl groups is 1. The fourth-order valence-corrected chi connectivity index (χ4v) is 4.54. The van der Waals surface area contributed by atoms with Crippen molar-refractivity contribution in [2.75, 3.05) is 0 Å². The van der Waals surface area contributed by atoms with Crippen molar-refractivity contribution < 1.29 is 29.3 Å². The van der Waals surface area contributed by atoms with E-state index in [9.17, 15) is 9.50 Å². The van der Waals surface area contributed by atoms with Gasteiger partial charge in [-0.3, -0.25) is 0 Å². The molecule has 0 aliphatic carbocycles. The molecular weight excluding hydrogens is 361 g/mol. The number of halogens is 1. The number of carboxylic acids is 2. The van der Waals surface area contributed by atoms with Gasteiger partial charge in [-0.25, -0.2) is 23.6 Å². The summed E-state index contributed by atoms with van der Waals surface area (Å²) in [4.78, 5) is 22.1. The molecule has 0 aliphatic heterocycles. The highest BCUT2D eigenvalue weighted by atomic mass is 28.3. The maximum atomic E-state index is 13.1. The first-order valence-corrected chi connectivity index (χ1v) is 11.4. The average Bonchev–Trinajstić information content (AvgIpc) is 2.99. The van der Waals surface area contributed by atoms with Gasteiger partial charge in [-0.05, 0) is 23.7 Å². The minimum Gasteiger partial charge on any atom is -0.473 e. The molecule has 1 aromatic heterocycles. The van der Waals surface area contributed by atoms with E-state index in [4.69, 9.17) is 19.8 Å². The number of rotatable bonds is 5. The molecule has 26 heavy (non-hydrogen) atoms. The Balaban J connectivity index is 0.000000487. The highest BCUT2D eigenvalue weighted by Gasteiger charge is 2.35. The molecule has 1 heterocycles. The van der Waals surface area contributed by atoms with Crippen molar-refractivity contribution in [3.05, 3.63) is 48.3 Å². The lowest BCUT2D eigenvalue weighted by molar-refractivity contribution is -0.159. The lowest BCUT2D eigenvalue weighted by atomic mass is 9.96. The molecule has 0 amide bonds. The third-order valence-electron chi connectivity index (χ3n) is 3.28. The molecule has 1 aromatic carbocycles. The minimum absolute atomic E-state index is 0.301. The van der Waals surface area contributed by atoms with E-state index >= 15 is 0 Å². The molecule has 3 N–H and O–H groups in total. The Bertz CT molecular complexity index is 719. The Hall–Kier alpha value is -2.59. The molecule has 2 aromatic rings. The van der Waals surface area contributed by atoms with Crippen LogP contribution in [0.5, 0.6) is 0 Å². The van der Waals surface area contributed by atoms with Crippen LogP contribution in [0.15, 0.2) is 36.9 Å². The molecule has 0 spiro atoms. The first-order valence-electron chi connectivity index (χ1n) is 7.70. The summed E-state index contributed by atoms with van der Waals surface area (Å²) < 4.78 is 14.7. The molecule has 1 atom stereocenters. The van der Waals surface area contributed by atoms with Crippen molar-refractivity contribution in [2.24, 2.45) is 0 Å². The van der Waals surface area contributed by atoms with Gasteiger partial charge in [0.15, 0.2) is 0 Å². The largest absolute Gasteiger partial charge is 0.473 e. The Morgan fingerprint density at radius 2 is 1.69 bits per heavy atom. The summed E-state index contributed by atoms with van der Waals surface area (Å²) in [5, 5.41) is 29.9. The molecule has 0 radical (unpaired) electrons. The highest BCUT2D eigenvalue weighted by Crippen LogP contribution is 2.32. The highest BCUT2D eigenvalue weighted by molar-refractivity contribution is 6.76. The van der Waals surface area contributed by atoms with Gasteiger partial charge in [0.1, 0.15) is 24.1 Å². The Labute approximate surface area is 150 Å². The van der Waals surface area contributed by atoms with Crippen molar-refractivity contribution in [2.45, 2.75) is 37.8 Å². The van der Waals surface area contributed by atoms with Crippen molar-refractivity contribution in [1.29, 1.82) is 0 Å². The summed E-state index contributed by atoms with van der Waals surface area (Å²) in [5.74, 6) is -3.95. The fraction of sp³-hybridized carbons (Fsp3) is 0.375. The second kappa shape index (κ2) is 8.67. The predicted molar refractivity (Wildman–Crippen MR) is 93.7 cm³/mol. The van der Waals surface area contributed by atoms with Crippen LogP contribution in [0.1, 0.15) is 5.56 Å². The molecule has 1 unspecified atom stereocenters. The Morgan fingerprint density at radius 1 is 1.15 bits per heavy atom. The molecule has 0 aliphatic rings. The van der Waals surface area contributed by atoms with Gasteiger partial charge in [0, 0.05) is 8.07 Å². The maximum Gasteiger partial charge on any atom is 0.414 e. The van der Waals surface area contributed by atoms with E-state index in [0.717, 1.165) is 5.56 Å². The van der Waals surface area contributed by atoms with Gasteiger partial charge in [-0.1, -0.05) is 31.8 Å². The fourth-order valence-electron chi connectivity index (χ4n) is 2.47. The number of aliphatic carboxylic acids is 2. The van der Waals surface area contributed by atoms with Crippen LogP contribution >= 0.6 is 0 Å². The zero-order valence-electron chi connectivity index (χ0n) is 14.8. The third kappa shape index (κ3) is 7.11. The maximum absolute atomic E-state index is 13.1. The van der Waals surface area contributed by atoms with Gasteiger partial charge in [-0.2, -0.15) is 5.10 Å². The van der Waals surface area contributed by atoms with Crippen molar-refractivity contribution in [1.82, 2.24) is 14.8 Å². The summed E-state index contributed by atoms with van der Waals surface area (Å²) in [6.45, 7) is 6.91. The molecule has 0 saturated heterocycles. The van der Waals surface area contributed by atoms with E-state index in [1.165, 1.54) is 18.5 Å². The van der Waals surface area contributed by atoms with Crippen LogP contribution in [0.3, 0.4) is 0 Å². The smallest absolute Gasteiger partial charge is 0.414 e. The van der Waals surface area contributed by atoms with Gasteiger partial charge in [-0.15, -0.1) is 0 Å². The standard InChI is InChI=1S/C14H20FN3OSi.C2H2O4/c1-20(2,3)9-14(19,8-18-11-16-10-17-18)12-4-6-13(15)7-5-12;3-1(4)2(5)6/h4-7,10-11,19H,8-9H2,1-3H3;(H,3,4)(H,5,6). The monoisotopic (exact) mass is 383 g/mol. The van der Waals surface area contributed by atoms with Gasteiger partial charge in [0.05, 0.1) is 6.54 Å². The Kier molecular flexibility index (Phi) is 7.16. The van der Waals surface area contributed by atoms with Crippen LogP contribution in [0.4, 0.5) is 4.39 Å². The average molecular weight is 383 g/mol. The minimum atomic E-state index is -1.82. The molecule has 0 saturated carbocycles. The Morgan fingerprint density at radius 3 is 2.08 bits per heavy atom. The van der Waals surface area contributed by atoms with Crippen LogP contribution in [0, 0.1) is 5.82 Å². The van der Waals surface area contributed by atoms with Crippen molar-refractivity contribution in [3.8, 4) is 0 Å². The number of aromatic nitrogens is 3. The van der Waals surface area contributed by atoms with Gasteiger partial charge < -0.3 is 15.3 Å². The van der Waals surface area contributed by atoms with Crippen LogP contribution < -0.4 is 0 Å². The number of carbonyl (C=O) groups is 2. The van der Waals surface area contributed by atoms with Crippen LogP contribution in [-0.4, -0.2) is 50.1 Å². The van der Waals surface area contributed by atoms with Crippen molar-refractivity contribution >= 4 is 20.0 Å². The van der Waals surface area contributed by atoms with E-state index in [2.05, 4.69) is 29.7 Å². The summed E-state index contributed by atoms with van der Waals surface area (Å²) in [5.41, 5.74) is -0.330. The zero-order valence-corrected chi connectivity index (χ0v) is 15.8. The molecule has 0 fully saturated rings. The summed E-state index contributed by atoms with van der Waals surface area (Å²) in [6.07, 6.45) is 3.03. The quantitative estimate of drug-likeness (QED) is 0.531. The SMILES string of the molecule is C[Si](C)(C)CC(O)(Cn1cncn1)c1ccc(F)cc1.O=C(O)C(=O)O. The van der Waals surface area contributed by atoms with Gasteiger partial charge >= 0.3 is 11.9 Å². The first-order chi connectivity index (χ1) is 11.9. The van der Waals surface area contributed by atoms with E-state index in [1.54, 1.807) is 23.1 Å². The second-order valence-electron chi connectivity index (χ2n) is 6.98. The molecule has 142 valence electrons. The normalized spacial score (nSPS) is 13.3. The third-order valence-corrected chi connectivity index (χ3v) is 4.92. The number of hydrogen-bond donors (Lipinski definition) is 3. The van der Waals surface area contributed by atoms with E-state index < -0.39 is 25.6 Å². The predicted octanol–water partition coefficient (Wildman–Crippen LogP) is 1.80. The number of benzene rings is 1. The van der Waals surface area contributed by atoms with Gasteiger partial charge in [0.25, 0.3) is 0 Å². The van der Waals surface area contributed by atoms with Crippen LogP contribution in [0.25, 0.3) is 0 Å². The molecule has 8 nitrogen and oxygen atoms in total. The zero-order chi connectivity index (χ0) is 20.0. The second-order valence-corrected chi connectivity index (χ2v) is 12.5. The molecule has 0 bridgehead atoms. The van der Waals surface area contributed by atoms with Gasteiger partial charge in [0.2, 0.25) is 0 Å². The first kappa shape index (κ1) is 21.4. The molecule has 10 heteroatoms. The molecular formula is C16H22FN3O5Si. The summed E-state index contributed by atoms with van der Waals surface area (Å²) >= 11 is 0.